The molecule has 0 aliphatic heterocycles. The summed E-state index contributed by atoms with van der Waals surface area (Å²) in [4.78, 5) is 10.7. The Balaban J connectivity index is 1.51. The van der Waals surface area contributed by atoms with Crippen molar-refractivity contribution in [2.24, 2.45) is 9.98 Å². The quantitative estimate of drug-likeness (QED) is 0.208. The number of hydrogen-bond donors (Lipinski definition) is 2. The number of anilines is 2. The van der Waals surface area contributed by atoms with Crippen molar-refractivity contribution in [2.45, 2.75) is 51.6 Å². The molecule has 0 heterocycles. The second-order valence-corrected chi connectivity index (χ2v) is 10.1. The maximum atomic E-state index is 5.35. The summed E-state index contributed by atoms with van der Waals surface area (Å²) in [6.07, 6.45) is 4.37. The lowest BCUT2D eigenvalue weighted by molar-refractivity contribution is 0.388. The summed E-state index contributed by atoms with van der Waals surface area (Å²) in [6, 6.07) is 38.0. The Bertz CT molecular complexity index is 1250. The Labute approximate surface area is 226 Å². The van der Waals surface area contributed by atoms with Gasteiger partial charge in [-0.15, -0.1) is 0 Å². The minimum absolute atomic E-state index is 0.0919. The van der Waals surface area contributed by atoms with Gasteiger partial charge in [0.25, 0.3) is 0 Å². The molecule has 1 aliphatic rings. The van der Waals surface area contributed by atoms with Crippen molar-refractivity contribution >= 4 is 23.0 Å². The average molecular weight is 501 g/mol. The minimum Gasteiger partial charge on any atom is -0.340 e. The number of aryl methyl sites for hydroxylation is 2. The Morgan fingerprint density at radius 2 is 0.895 bits per heavy atom. The lowest BCUT2D eigenvalue weighted by Crippen LogP contribution is -2.32. The van der Waals surface area contributed by atoms with Gasteiger partial charge in [-0.1, -0.05) is 109 Å². The predicted octanol–water partition coefficient (Wildman–Crippen LogP) is 8.03. The Hall–Kier alpha value is -4.18. The maximum Gasteiger partial charge on any atom is 0.133 e. The maximum absolute atomic E-state index is 5.35. The zero-order valence-electron chi connectivity index (χ0n) is 22.3. The average Bonchev–Trinajstić information content (AvgIpc) is 2.95. The van der Waals surface area contributed by atoms with E-state index in [1.807, 2.05) is 36.4 Å². The highest BCUT2D eigenvalue weighted by Crippen LogP contribution is 2.26. The van der Waals surface area contributed by atoms with Crippen molar-refractivity contribution in [1.29, 1.82) is 0 Å². The van der Waals surface area contributed by atoms with Gasteiger partial charge in [-0.05, 0) is 51.0 Å². The smallest absolute Gasteiger partial charge is 0.133 e. The molecule has 4 nitrogen and oxygen atoms in total. The molecule has 2 N–H and O–H groups in total. The monoisotopic (exact) mass is 500 g/mol. The largest absolute Gasteiger partial charge is 0.340 e. The van der Waals surface area contributed by atoms with Crippen LogP contribution in [0.15, 0.2) is 119 Å². The molecule has 5 rings (SSSR count). The number of hydrogen-bond acceptors (Lipinski definition) is 2. The highest BCUT2D eigenvalue weighted by atomic mass is 15.1. The van der Waals surface area contributed by atoms with Crippen LogP contribution in [-0.2, 0) is 0 Å². The van der Waals surface area contributed by atoms with Crippen LogP contribution in [0.25, 0.3) is 0 Å². The molecule has 0 spiro atoms. The van der Waals surface area contributed by atoms with Crippen molar-refractivity contribution in [2.75, 3.05) is 10.6 Å². The van der Waals surface area contributed by atoms with Crippen LogP contribution in [0.2, 0.25) is 0 Å². The van der Waals surface area contributed by atoms with Crippen molar-refractivity contribution in [3.8, 4) is 0 Å². The molecule has 1 fully saturated rings. The summed E-state index contributed by atoms with van der Waals surface area (Å²) in [6.45, 7) is 4.23. The van der Waals surface area contributed by atoms with Crippen molar-refractivity contribution in [3.63, 3.8) is 0 Å². The van der Waals surface area contributed by atoms with Gasteiger partial charge in [-0.25, -0.2) is 0 Å². The van der Waals surface area contributed by atoms with Crippen LogP contribution in [0, 0.1) is 13.8 Å². The highest BCUT2D eigenvalue weighted by molar-refractivity contribution is 6.09. The molecule has 4 heteroatoms. The van der Waals surface area contributed by atoms with E-state index in [0.717, 1.165) is 47.0 Å². The number of amidine groups is 2. The van der Waals surface area contributed by atoms with Gasteiger partial charge >= 0.3 is 0 Å². The van der Waals surface area contributed by atoms with E-state index < -0.39 is 0 Å². The second kappa shape index (κ2) is 12.4. The predicted molar refractivity (Wildman–Crippen MR) is 162 cm³/mol. The fourth-order valence-electron chi connectivity index (χ4n) is 4.82. The van der Waals surface area contributed by atoms with Gasteiger partial charge in [0.1, 0.15) is 11.7 Å². The molecule has 4 aromatic rings. The Morgan fingerprint density at radius 3 is 1.26 bits per heavy atom. The van der Waals surface area contributed by atoms with Crippen LogP contribution in [0.1, 0.15) is 47.9 Å². The molecule has 192 valence electrons. The third kappa shape index (κ3) is 6.77. The number of rotatable bonds is 6. The molecule has 1 saturated carbocycles. The zero-order chi connectivity index (χ0) is 26.2. The first kappa shape index (κ1) is 25.5. The number of para-hydroxylation sites is 2. The van der Waals surface area contributed by atoms with Crippen molar-refractivity contribution in [1.82, 2.24) is 0 Å². The topological polar surface area (TPSA) is 48.8 Å². The first-order valence-electron chi connectivity index (χ1n) is 13.6. The molecule has 0 bridgehead atoms. The Kier molecular flexibility index (Phi) is 8.29. The van der Waals surface area contributed by atoms with E-state index in [2.05, 4.69) is 97.3 Å². The van der Waals surface area contributed by atoms with Crippen molar-refractivity contribution in [3.05, 3.63) is 131 Å². The molecule has 0 amide bonds. The van der Waals surface area contributed by atoms with Gasteiger partial charge in [0.05, 0.1) is 12.1 Å². The van der Waals surface area contributed by atoms with Gasteiger partial charge in [-0.2, -0.15) is 0 Å². The second-order valence-electron chi connectivity index (χ2n) is 10.1. The standard InChI is InChI=1S/C34H36N4/c1-25-17-21-27(22-18-25)33(35-29-11-5-3-6-12-29)37-31-15-9-10-16-32(31)38-34(28-23-19-26(2)20-24-28)36-30-13-7-4-8-14-30/h3-8,11-14,17-24,31-32H,9-10,15-16H2,1-2H3,(H,35,37)(H,36,38)/t31-,32-/m1/s1. The molecule has 0 aromatic heterocycles. The van der Waals surface area contributed by atoms with Gasteiger partial charge < -0.3 is 10.6 Å². The van der Waals surface area contributed by atoms with E-state index in [1.54, 1.807) is 0 Å². The SMILES string of the molecule is Cc1ccc(C(=N[C@@H]2CCCC[C@H]2N=C(Nc2ccccc2)c2ccc(C)cc2)Nc2ccccc2)cc1. The fourth-order valence-corrected chi connectivity index (χ4v) is 4.82. The summed E-state index contributed by atoms with van der Waals surface area (Å²) in [5, 5.41) is 7.20. The molecule has 0 saturated heterocycles. The van der Waals surface area contributed by atoms with Crippen LogP contribution in [0.4, 0.5) is 11.4 Å². The summed E-state index contributed by atoms with van der Waals surface area (Å²) < 4.78 is 0. The van der Waals surface area contributed by atoms with Gasteiger partial charge in [0, 0.05) is 22.5 Å². The van der Waals surface area contributed by atoms with E-state index in [1.165, 1.54) is 24.0 Å². The molecule has 0 unspecified atom stereocenters. The molecular weight excluding hydrogens is 464 g/mol. The third-order valence-corrected chi connectivity index (χ3v) is 7.01. The van der Waals surface area contributed by atoms with Crippen molar-refractivity contribution < 1.29 is 0 Å². The summed E-state index contributed by atoms with van der Waals surface area (Å²) >= 11 is 0. The van der Waals surface area contributed by atoms with Crippen LogP contribution >= 0.6 is 0 Å². The normalized spacial score (nSPS) is 18.2. The van der Waals surface area contributed by atoms with E-state index in [-0.39, 0.29) is 12.1 Å². The van der Waals surface area contributed by atoms with Crippen LogP contribution < -0.4 is 10.6 Å². The van der Waals surface area contributed by atoms with Gasteiger partial charge in [0.15, 0.2) is 0 Å². The number of nitrogens with zero attached hydrogens (tertiary/aromatic N) is 2. The highest BCUT2D eigenvalue weighted by Gasteiger charge is 2.26. The molecule has 4 aromatic carbocycles. The molecule has 38 heavy (non-hydrogen) atoms. The first-order chi connectivity index (χ1) is 18.6. The summed E-state index contributed by atoms with van der Waals surface area (Å²) in [7, 11) is 0. The number of aliphatic imine (C=N–C) groups is 2. The first-order valence-corrected chi connectivity index (χ1v) is 13.6. The van der Waals surface area contributed by atoms with Crippen LogP contribution in [0.3, 0.4) is 0 Å². The molecule has 2 atom stereocenters. The van der Waals surface area contributed by atoms with E-state index in [9.17, 15) is 0 Å². The minimum atomic E-state index is 0.0919. The van der Waals surface area contributed by atoms with Gasteiger partial charge in [0.2, 0.25) is 0 Å². The van der Waals surface area contributed by atoms with Gasteiger partial charge in [-0.3, -0.25) is 9.98 Å². The molecule has 0 radical (unpaired) electrons. The lowest BCUT2D eigenvalue weighted by atomic mass is 9.90. The summed E-state index contributed by atoms with van der Waals surface area (Å²) in [5.74, 6) is 1.80. The third-order valence-electron chi connectivity index (χ3n) is 7.01. The zero-order valence-corrected chi connectivity index (χ0v) is 22.3. The fraction of sp³-hybridized carbons (Fsp3) is 0.235. The van der Waals surface area contributed by atoms with E-state index in [4.69, 9.17) is 9.98 Å². The number of benzene rings is 4. The van der Waals surface area contributed by atoms with E-state index in [0.29, 0.717) is 0 Å². The Morgan fingerprint density at radius 1 is 0.526 bits per heavy atom. The van der Waals surface area contributed by atoms with E-state index >= 15 is 0 Å². The lowest BCUT2D eigenvalue weighted by Gasteiger charge is -2.28. The summed E-state index contributed by atoms with van der Waals surface area (Å²) in [5.41, 5.74) is 6.73. The molecular formula is C34H36N4. The number of nitrogens with one attached hydrogen (secondary N) is 2. The van der Waals surface area contributed by atoms with Crippen LogP contribution in [-0.4, -0.2) is 23.8 Å². The molecule has 1 aliphatic carbocycles. The van der Waals surface area contributed by atoms with Crippen LogP contribution in [0.5, 0.6) is 0 Å².